The van der Waals surface area contributed by atoms with E-state index >= 15 is 0 Å². The lowest BCUT2D eigenvalue weighted by molar-refractivity contribution is 0.176. The molecule has 0 aliphatic heterocycles. The third-order valence-corrected chi connectivity index (χ3v) is 2.28. The highest BCUT2D eigenvalue weighted by Gasteiger charge is 2.09. The van der Waals surface area contributed by atoms with Gasteiger partial charge in [0.25, 0.3) is 0 Å². The van der Waals surface area contributed by atoms with Crippen LogP contribution in [0.15, 0.2) is 0 Å². The van der Waals surface area contributed by atoms with Crippen LogP contribution in [0, 0.1) is 0 Å². The Hall–Kier alpha value is -1.25. The van der Waals surface area contributed by atoms with Crippen molar-refractivity contribution in [3.05, 3.63) is 5.82 Å². The van der Waals surface area contributed by atoms with Crippen molar-refractivity contribution in [2.45, 2.75) is 6.61 Å². The van der Waals surface area contributed by atoms with Crippen LogP contribution in [0.2, 0.25) is 0 Å². The minimum absolute atomic E-state index is 0.384. The number of nitrogens with one attached hydrogen (secondary N) is 1. The molecule has 2 rings (SSSR count). The second kappa shape index (κ2) is 3.24. The molecule has 0 radical (unpaired) electrons. The van der Waals surface area contributed by atoms with Crippen molar-refractivity contribution in [1.29, 1.82) is 0 Å². The molecule has 13 heavy (non-hydrogen) atoms. The first kappa shape index (κ1) is 8.35. The summed E-state index contributed by atoms with van der Waals surface area (Å²) in [6, 6.07) is 0. The fourth-order valence-electron chi connectivity index (χ4n) is 0.935. The molecule has 0 fully saturated rings. The lowest BCUT2D eigenvalue weighted by Crippen LogP contribution is -2.07. The van der Waals surface area contributed by atoms with Crippen LogP contribution in [-0.2, 0) is 11.3 Å². The van der Waals surface area contributed by atoms with Crippen molar-refractivity contribution >= 4 is 21.4 Å². The van der Waals surface area contributed by atoms with Crippen LogP contribution in [-0.4, -0.2) is 26.9 Å². The fourth-order valence-corrected chi connectivity index (χ4v) is 1.60. The normalized spacial score (nSPS) is 10.9. The number of rotatable bonds is 3. The number of anilines is 1. The van der Waals surface area contributed by atoms with Gasteiger partial charge in [0.1, 0.15) is 6.61 Å². The number of nitrogen functional groups attached to an aromatic ring is 1. The van der Waals surface area contributed by atoms with E-state index in [0.717, 1.165) is 0 Å². The van der Waals surface area contributed by atoms with Gasteiger partial charge in [-0.1, -0.05) is 11.3 Å². The van der Waals surface area contributed by atoms with Crippen LogP contribution in [0.1, 0.15) is 5.82 Å². The minimum atomic E-state index is 0.384. The summed E-state index contributed by atoms with van der Waals surface area (Å²) < 4.78 is 6.53. The van der Waals surface area contributed by atoms with E-state index in [9.17, 15) is 0 Å². The molecule has 0 unspecified atom stereocenters. The topological polar surface area (TPSA) is 90.4 Å². The molecule has 70 valence electrons. The molecule has 0 saturated carbocycles. The summed E-state index contributed by atoms with van der Waals surface area (Å²) >= 11 is 1.33. The Balaban J connectivity index is 2.46. The summed E-state index contributed by atoms with van der Waals surface area (Å²) in [6.45, 7) is 0.384. The van der Waals surface area contributed by atoms with Gasteiger partial charge >= 0.3 is 0 Å². The molecule has 0 aliphatic rings. The van der Waals surface area contributed by atoms with E-state index in [1.807, 2.05) is 0 Å². The zero-order chi connectivity index (χ0) is 9.26. The molecule has 0 atom stereocenters. The minimum Gasteiger partial charge on any atom is -0.377 e. The van der Waals surface area contributed by atoms with E-state index in [1.54, 1.807) is 11.6 Å². The molecule has 7 nitrogen and oxygen atoms in total. The molecule has 0 spiro atoms. The fraction of sp³-hybridized carbons (Fsp3) is 0.400. The number of methoxy groups -OCH3 is 1. The maximum atomic E-state index is 5.20. The molecule has 2 aromatic heterocycles. The molecule has 2 heterocycles. The van der Waals surface area contributed by atoms with E-state index < -0.39 is 0 Å². The highest BCUT2D eigenvalue weighted by molar-refractivity contribution is 7.20. The number of hydrazine groups is 1. The maximum absolute atomic E-state index is 5.20. The monoisotopic (exact) mass is 200 g/mol. The van der Waals surface area contributed by atoms with Crippen LogP contribution in [0.25, 0.3) is 4.96 Å². The first-order valence-corrected chi connectivity index (χ1v) is 4.33. The van der Waals surface area contributed by atoms with Gasteiger partial charge in [-0.05, 0) is 0 Å². The summed E-state index contributed by atoms with van der Waals surface area (Å²) in [4.78, 5) is 0.694. The molecule has 0 amide bonds. The zero-order valence-electron chi connectivity index (χ0n) is 6.89. The molecule has 8 heteroatoms. The SMILES string of the molecule is COCc1nnc2sc(NN)nn12. The van der Waals surface area contributed by atoms with E-state index in [-0.39, 0.29) is 0 Å². The Labute approximate surface area is 77.5 Å². The van der Waals surface area contributed by atoms with Gasteiger partial charge in [-0.2, -0.15) is 4.52 Å². The Morgan fingerprint density at radius 3 is 3.15 bits per heavy atom. The Kier molecular flexibility index (Phi) is 2.08. The Morgan fingerprint density at radius 1 is 1.62 bits per heavy atom. The van der Waals surface area contributed by atoms with Crippen LogP contribution in [0.5, 0.6) is 0 Å². The largest absolute Gasteiger partial charge is 0.377 e. The molecular formula is C5H8N6OS. The van der Waals surface area contributed by atoms with E-state index in [2.05, 4.69) is 20.7 Å². The first-order valence-electron chi connectivity index (χ1n) is 3.52. The van der Waals surface area contributed by atoms with E-state index in [1.165, 1.54) is 11.3 Å². The first-order chi connectivity index (χ1) is 6.35. The molecule has 0 bridgehead atoms. The molecule has 0 saturated heterocycles. The number of fused-ring (bicyclic) bond motifs is 1. The average Bonchev–Trinajstić information content (AvgIpc) is 2.67. The number of hydrogen-bond donors (Lipinski definition) is 2. The molecule has 3 N–H and O–H groups in total. The maximum Gasteiger partial charge on any atom is 0.236 e. The number of ether oxygens (including phenoxy) is 1. The van der Waals surface area contributed by atoms with Crippen LogP contribution >= 0.6 is 11.3 Å². The van der Waals surface area contributed by atoms with Gasteiger partial charge < -0.3 is 4.74 Å². The second-order valence-electron chi connectivity index (χ2n) is 2.30. The van der Waals surface area contributed by atoms with Gasteiger partial charge in [-0.3, -0.25) is 5.43 Å². The van der Waals surface area contributed by atoms with Crippen LogP contribution < -0.4 is 11.3 Å². The predicted molar refractivity (Wildman–Crippen MR) is 47.2 cm³/mol. The van der Waals surface area contributed by atoms with Gasteiger partial charge in [-0.15, -0.1) is 15.3 Å². The zero-order valence-corrected chi connectivity index (χ0v) is 7.71. The predicted octanol–water partition coefficient (Wildman–Crippen LogP) is -0.382. The Morgan fingerprint density at radius 2 is 2.46 bits per heavy atom. The van der Waals surface area contributed by atoms with Crippen molar-refractivity contribution in [2.24, 2.45) is 5.84 Å². The molecule has 0 aliphatic carbocycles. The number of nitrogens with two attached hydrogens (primary N) is 1. The van der Waals surface area contributed by atoms with Gasteiger partial charge in [0.05, 0.1) is 0 Å². The van der Waals surface area contributed by atoms with Crippen LogP contribution in [0.3, 0.4) is 0 Å². The number of aromatic nitrogens is 4. The van der Waals surface area contributed by atoms with Crippen molar-refractivity contribution in [3.8, 4) is 0 Å². The lowest BCUT2D eigenvalue weighted by Gasteiger charge is -1.92. The van der Waals surface area contributed by atoms with Crippen molar-refractivity contribution in [1.82, 2.24) is 19.8 Å². The highest BCUT2D eigenvalue weighted by Crippen LogP contribution is 2.17. The van der Waals surface area contributed by atoms with Crippen molar-refractivity contribution in [2.75, 3.05) is 12.5 Å². The number of nitrogens with zero attached hydrogens (tertiary/aromatic N) is 4. The lowest BCUT2D eigenvalue weighted by atomic mass is 10.7. The van der Waals surface area contributed by atoms with Crippen molar-refractivity contribution < 1.29 is 4.74 Å². The van der Waals surface area contributed by atoms with Crippen molar-refractivity contribution in [3.63, 3.8) is 0 Å². The summed E-state index contributed by atoms with van der Waals surface area (Å²) in [5.74, 6) is 5.86. The van der Waals surface area contributed by atoms with Crippen LogP contribution in [0.4, 0.5) is 5.13 Å². The third-order valence-electron chi connectivity index (χ3n) is 1.45. The summed E-state index contributed by atoms with van der Waals surface area (Å²) in [5.41, 5.74) is 2.45. The molecule has 2 aromatic rings. The van der Waals surface area contributed by atoms with Gasteiger partial charge in [0.2, 0.25) is 10.1 Å². The summed E-state index contributed by atoms with van der Waals surface area (Å²) in [7, 11) is 1.59. The number of hydrogen-bond acceptors (Lipinski definition) is 7. The second-order valence-corrected chi connectivity index (χ2v) is 3.25. The quantitative estimate of drug-likeness (QED) is 0.518. The smallest absolute Gasteiger partial charge is 0.236 e. The highest BCUT2D eigenvalue weighted by atomic mass is 32.1. The van der Waals surface area contributed by atoms with E-state index in [0.29, 0.717) is 22.5 Å². The summed E-state index contributed by atoms with van der Waals surface area (Å²) in [5, 5.41) is 12.5. The molecular weight excluding hydrogens is 192 g/mol. The van der Waals surface area contributed by atoms with E-state index in [4.69, 9.17) is 10.6 Å². The Bertz CT molecular complexity index is 408. The summed E-state index contributed by atoms with van der Waals surface area (Å²) in [6.07, 6.45) is 0. The average molecular weight is 200 g/mol. The standard InChI is InChI=1S/C5H8N6OS/c1-12-2-3-8-9-5-11(3)10-4(7-6)13-5/h2,6H2,1H3,(H,7,10). The molecule has 0 aromatic carbocycles. The van der Waals surface area contributed by atoms with Gasteiger partial charge in [0.15, 0.2) is 5.82 Å². The van der Waals surface area contributed by atoms with Gasteiger partial charge in [-0.25, -0.2) is 5.84 Å². The van der Waals surface area contributed by atoms with Gasteiger partial charge in [0, 0.05) is 7.11 Å². The third kappa shape index (κ3) is 1.34.